The summed E-state index contributed by atoms with van der Waals surface area (Å²) in [5.74, 6) is -1.13. The van der Waals surface area contributed by atoms with Crippen molar-refractivity contribution in [3.05, 3.63) is 124 Å². The van der Waals surface area contributed by atoms with Crippen LogP contribution in [0.15, 0.2) is 91.0 Å². The van der Waals surface area contributed by atoms with Crippen LogP contribution in [0.1, 0.15) is 70.1 Å². The molecule has 0 aromatic heterocycles. The predicted octanol–water partition coefficient (Wildman–Crippen LogP) is 8.63. The van der Waals surface area contributed by atoms with Gasteiger partial charge in [-0.15, -0.1) is 0 Å². The molecule has 0 spiro atoms. The van der Waals surface area contributed by atoms with Crippen LogP contribution >= 0.6 is 23.2 Å². The van der Waals surface area contributed by atoms with Crippen LogP contribution in [-0.2, 0) is 22.6 Å². The Morgan fingerprint density at radius 3 is 2.12 bits per heavy atom. The van der Waals surface area contributed by atoms with Gasteiger partial charge < -0.3 is 20.7 Å². The highest BCUT2D eigenvalue weighted by atomic mass is 35.5. The predicted molar refractivity (Wildman–Crippen MR) is 196 cm³/mol. The molecule has 5 rings (SSSR count). The van der Waals surface area contributed by atoms with E-state index >= 15 is 4.39 Å². The van der Waals surface area contributed by atoms with Crippen LogP contribution in [0.25, 0.3) is 11.1 Å². The SMILES string of the molecule is CC(C(=O)N[C@@H](Cc1ccc(OCc2c(Cl)cccc2Cl)cc1)C(=O)NC1CC(C)(C)NC(C)(C)C1)c1ccc(-c2ccccc2)c(F)c1. The zero-order valence-corrected chi connectivity index (χ0v) is 30.1. The van der Waals surface area contributed by atoms with Gasteiger partial charge in [0.25, 0.3) is 0 Å². The minimum atomic E-state index is -0.863. The lowest BCUT2D eigenvalue weighted by Crippen LogP contribution is -2.63. The summed E-state index contributed by atoms with van der Waals surface area (Å²) in [5, 5.41) is 10.9. The van der Waals surface area contributed by atoms with Gasteiger partial charge in [-0.05, 0) is 94.5 Å². The highest BCUT2D eigenvalue weighted by molar-refractivity contribution is 6.35. The summed E-state index contributed by atoms with van der Waals surface area (Å²) in [6.07, 6.45) is 1.74. The van der Waals surface area contributed by atoms with E-state index < -0.39 is 17.8 Å². The molecule has 0 bridgehead atoms. The molecular weight excluding hydrogens is 660 g/mol. The molecule has 4 aromatic carbocycles. The minimum Gasteiger partial charge on any atom is -0.489 e. The zero-order valence-electron chi connectivity index (χ0n) is 28.6. The van der Waals surface area contributed by atoms with Gasteiger partial charge in [-0.2, -0.15) is 0 Å². The van der Waals surface area contributed by atoms with E-state index in [1.165, 1.54) is 6.07 Å². The maximum Gasteiger partial charge on any atom is 0.243 e. The standard InChI is InChI=1S/C40H44Cl2FN3O3/c1-25(28-16-19-31(35(43)21-28)27-10-7-6-8-11-27)37(47)45-36(38(48)44-29-22-39(2,3)46-40(4,5)23-29)20-26-14-17-30(18-15-26)49-24-32-33(41)12-9-13-34(32)42/h6-19,21,25,29,36,46H,20,22-24H2,1-5H3,(H,44,48)(H,45,47)/t25?,36-/m0/s1. The quantitative estimate of drug-likeness (QED) is 0.146. The number of piperidine rings is 1. The molecule has 1 aliphatic heterocycles. The molecule has 0 radical (unpaired) electrons. The van der Waals surface area contributed by atoms with Crippen molar-refractivity contribution in [1.29, 1.82) is 0 Å². The van der Waals surface area contributed by atoms with Crippen molar-refractivity contribution in [3.63, 3.8) is 0 Å². The molecule has 1 heterocycles. The van der Waals surface area contributed by atoms with Gasteiger partial charge in [-0.25, -0.2) is 4.39 Å². The summed E-state index contributed by atoms with van der Waals surface area (Å²) in [5.41, 5.74) is 2.93. The van der Waals surface area contributed by atoms with Gasteiger partial charge in [0.15, 0.2) is 0 Å². The van der Waals surface area contributed by atoms with Gasteiger partial charge in [-0.3, -0.25) is 9.59 Å². The highest BCUT2D eigenvalue weighted by Gasteiger charge is 2.39. The first-order valence-corrected chi connectivity index (χ1v) is 17.3. The number of halogens is 3. The Morgan fingerprint density at radius 1 is 0.878 bits per heavy atom. The third-order valence-corrected chi connectivity index (χ3v) is 9.66. The largest absolute Gasteiger partial charge is 0.489 e. The molecule has 2 amide bonds. The Morgan fingerprint density at radius 2 is 1.51 bits per heavy atom. The molecule has 1 unspecified atom stereocenters. The average molecular weight is 705 g/mol. The lowest BCUT2D eigenvalue weighted by molar-refractivity contribution is -0.130. The van der Waals surface area contributed by atoms with E-state index in [1.807, 2.05) is 54.6 Å². The van der Waals surface area contributed by atoms with Gasteiger partial charge in [-0.1, -0.05) is 83.9 Å². The number of ether oxygens (including phenoxy) is 1. The number of carbonyl (C=O) groups excluding carboxylic acids is 2. The van der Waals surface area contributed by atoms with Crippen LogP contribution < -0.4 is 20.7 Å². The third kappa shape index (κ3) is 9.62. The Kier molecular flexibility index (Phi) is 11.4. The van der Waals surface area contributed by atoms with Crippen LogP contribution in [0.3, 0.4) is 0 Å². The molecule has 3 N–H and O–H groups in total. The Hall–Kier alpha value is -3.91. The van der Waals surface area contributed by atoms with Gasteiger partial charge >= 0.3 is 0 Å². The number of carbonyl (C=O) groups is 2. The first-order chi connectivity index (χ1) is 23.2. The second kappa shape index (κ2) is 15.3. The van der Waals surface area contributed by atoms with Crippen molar-refractivity contribution >= 4 is 35.0 Å². The molecular formula is C40H44Cl2FN3O3. The molecule has 0 saturated carbocycles. The second-order valence-electron chi connectivity index (χ2n) is 14.2. The van der Waals surface area contributed by atoms with Gasteiger partial charge in [0.2, 0.25) is 11.8 Å². The van der Waals surface area contributed by atoms with Crippen LogP contribution in [0, 0.1) is 5.82 Å². The van der Waals surface area contributed by atoms with E-state index in [-0.39, 0.29) is 42.0 Å². The summed E-state index contributed by atoms with van der Waals surface area (Å²) in [6.45, 7) is 10.4. The molecule has 1 saturated heterocycles. The Balaban J connectivity index is 1.32. The Bertz CT molecular complexity index is 1740. The van der Waals surface area contributed by atoms with Crippen molar-refractivity contribution in [2.24, 2.45) is 0 Å². The van der Waals surface area contributed by atoms with E-state index in [0.717, 1.165) is 24.0 Å². The van der Waals surface area contributed by atoms with Crippen molar-refractivity contribution in [2.45, 2.75) is 89.6 Å². The maximum atomic E-state index is 15.2. The lowest BCUT2D eigenvalue weighted by atomic mass is 9.79. The first kappa shape index (κ1) is 36.4. The van der Waals surface area contributed by atoms with Crippen LogP contribution in [0.2, 0.25) is 10.0 Å². The van der Waals surface area contributed by atoms with Crippen LogP contribution in [0.5, 0.6) is 5.75 Å². The lowest BCUT2D eigenvalue weighted by Gasteiger charge is -2.46. The monoisotopic (exact) mass is 703 g/mol. The van der Waals surface area contributed by atoms with Crippen molar-refractivity contribution in [1.82, 2.24) is 16.0 Å². The fraction of sp³-hybridized carbons (Fsp3) is 0.350. The molecule has 2 atom stereocenters. The van der Waals surface area contributed by atoms with E-state index in [4.69, 9.17) is 27.9 Å². The minimum absolute atomic E-state index is 0.0809. The molecule has 0 aliphatic carbocycles. The van der Waals surface area contributed by atoms with Crippen LogP contribution in [-0.4, -0.2) is 35.0 Å². The average Bonchev–Trinajstić information content (AvgIpc) is 3.03. The number of amides is 2. The first-order valence-electron chi connectivity index (χ1n) is 16.6. The van der Waals surface area contributed by atoms with E-state index in [1.54, 1.807) is 37.3 Å². The summed E-state index contributed by atoms with van der Waals surface area (Å²) >= 11 is 12.6. The Labute approximate surface area is 298 Å². The van der Waals surface area contributed by atoms with E-state index in [2.05, 4.69) is 43.6 Å². The van der Waals surface area contributed by atoms with Crippen molar-refractivity contribution in [3.8, 4) is 16.9 Å². The summed E-state index contributed by atoms with van der Waals surface area (Å²) in [4.78, 5) is 27.6. The highest BCUT2D eigenvalue weighted by Crippen LogP contribution is 2.30. The smallest absolute Gasteiger partial charge is 0.243 e. The molecule has 49 heavy (non-hydrogen) atoms. The third-order valence-electron chi connectivity index (χ3n) is 8.95. The van der Waals surface area contributed by atoms with E-state index in [9.17, 15) is 9.59 Å². The summed E-state index contributed by atoms with van der Waals surface area (Å²) in [7, 11) is 0. The van der Waals surface area contributed by atoms with Crippen LogP contribution in [0.4, 0.5) is 4.39 Å². The topological polar surface area (TPSA) is 79.5 Å². The molecule has 9 heteroatoms. The molecule has 4 aromatic rings. The molecule has 1 aliphatic rings. The number of hydrogen-bond donors (Lipinski definition) is 3. The number of nitrogens with one attached hydrogen (secondary N) is 3. The number of hydrogen-bond acceptors (Lipinski definition) is 4. The van der Waals surface area contributed by atoms with Crippen molar-refractivity contribution < 1.29 is 18.7 Å². The number of rotatable bonds is 11. The van der Waals surface area contributed by atoms with Crippen molar-refractivity contribution in [2.75, 3.05) is 0 Å². The number of benzene rings is 4. The van der Waals surface area contributed by atoms with Gasteiger partial charge in [0.05, 0.1) is 5.92 Å². The molecule has 258 valence electrons. The second-order valence-corrected chi connectivity index (χ2v) is 15.0. The normalized spacial score (nSPS) is 16.7. The van der Waals surface area contributed by atoms with E-state index in [0.29, 0.717) is 32.5 Å². The maximum absolute atomic E-state index is 15.2. The summed E-state index contributed by atoms with van der Waals surface area (Å²) in [6, 6.07) is 25.8. The van der Waals surface area contributed by atoms with Gasteiger partial charge in [0.1, 0.15) is 24.2 Å². The fourth-order valence-corrected chi connectivity index (χ4v) is 7.33. The fourth-order valence-electron chi connectivity index (χ4n) is 6.82. The summed E-state index contributed by atoms with van der Waals surface area (Å²) < 4.78 is 21.2. The van der Waals surface area contributed by atoms with Gasteiger partial charge in [0, 0.05) is 44.7 Å². The molecule has 6 nitrogen and oxygen atoms in total. The zero-order chi connectivity index (χ0) is 35.3. The molecule has 1 fully saturated rings.